The zero-order valence-electron chi connectivity index (χ0n) is 11.5. The van der Waals surface area contributed by atoms with Gasteiger partial charge in [-0.15, -0.1) is 0 Å². The lowest BCUT2D eigenvalue weighted by Gasteiger charge is -2.26. The van der Waals surface area contributed by atoms with Gasteiger partial charge in [-0.3, -0.25) is 4.79 Å². The molecule has 5 heteroatoms. The van der Waals surface area contributed by atoms with Crippen LogP contribution in [0.1, 0.15) is 34.1 Å². The summed E-state index contributed by atoms with van der Waals surface area (Å²) in [4.78, 5) is 11.8. The van der Waals surface area contributed by atoms with E-state index in [1.807, 2.05) is 27.7 Å². The molecule has 0 spiro atoms. The predicted molar refractivity (Wildman–Crippen MR) is 75.9 cm³/mol. The molecule has 0 fully saturated rings. The van der Waals surface area contributed by atoms with Gasteiger partial charge in [-0.25, -0.2) is 8.78 Å². The summed E-state index contributed by atoms with van der Waals surface area (Å²) >= 11 is 2.89. The fourth-order valence-electron chi connectivity index (χ4n) is 1.40. The Labute approximate surface area is 120 Å². The number of hydrogen-bond donors (Lipinski definition) is 1. The molecule has 0 aliphatic rings. The topological polar surface area (TPSA) is 29.1 Å². The summed E-state index contributed by atoms with van der Waals surface area (Å²) in [6, 6.07) is 1.97. The molecule has 0 saturated carbocycles. The fraction of sp³-hybridized carbons (Fsp3) is 0.500. The third kappa shape index (κ3) is 4.56. The molecule has 1 aromatic rings. The molecule has 19 heavy (non-hydrogen) atoms. The number of carbonyl (C=O) groups is 1. The van der Waals surface area contributed by atoms with Crippen LogP contribution in [0.5, 0.6) is 0 Å². The monoisotopic (exact) mass is 333 g/mol. The van der Waals surface area contributed by atoms with Gasteiger partial charge in [-0.2, -0.15) is 0 Å². The Kier molecular flexibility index (Phi) is 5.07. The molecular weight excluding hydrogens is 316 g/mol. The minimum atomic E-state index is -0.662. The van der Waals surface area contributed by atoms with Crippen LogP contribution in [0.25, 0.3) is 0 Å². The van der Waals surface area contributed by atoms with Gasteiger partial charge in [0.1, 0.15) is 11.6 Å². The van der Waals surface area contributed by atoms with Crippen LogP contribution < -0.4 is 5.32 Å². The summed E-state index contributed by atoms with van der Waals surface area (Å²) in [5.41, 5.74) is -0.146. The average molecular weight is 334 g/mol. The van der Waals surface area contributed by atoms with Crippen molar-refractivity contribution in [1.29, 1.82) is 0 Å². The molecule has 0 radical (unpaired) electrons. The zero-order chi connectivity index (χ0) is 14.8. The van der Waals surface area contributed by atoms with Gasteiger partial charge < -0.3 is 5.32 Å². The van der Waals surface area contributed by atoms with E-state index in [2.05, 4.69) is 21.2 Å². The van der Waals surface area contributed by atoms with Crippen molar-refractivity contribution in [2.24, 2.45) is 11.3 Å². The van der Waals surface area contributed by atoms with Gasteiger partial charge in [0.25, 0.3) is 0 Å². The van der Waals surface area contributed by atoms with Crippen LogP contribution >= 0.6 is 15.9 Å². The van der Waals surface area contributed by atoms with Crippen molar-refractivity contribution in [2.45, 2.75) is 34.1 Å². The van der Waals surface area contributed by atoms with Crippen molar-refractivity contribution in [3.8, 4) is 0 Å². The van der Waals surface area contributed by atoms with Gasteiger partial charge in [-0.1, -0.05) is 27.7 Å². The van der Waals surface area contributed by atoms with Gasteiger partial charge in [0.2, 0.25) is 5.91 Å². The lowest BCUT2D eigenvalue weighted by Crippen LogP contribution is -2.24. The molecule has 1 unspecified atom stereocenters. The molecule has 1 atom stereocenters. The van der Waals surface area contributed by atoms with Crippen LogP contribution in [0.3, 0.4) is 0 Å². The molecule has 1 N–H and O–H groups in total. The first-order valence-electron chi connectivity index (χ1n) is 6.05. The highest BCUT2D eigenvalue weighted by atomic mass is 79.9. The lowest BCUT2D eigenvalue weighted by molar-refractivity contribution is -0.117. The molecule has 0 aliphatic heterocycles. The van der Waals surface area contributed by atoms with Crippen molar-refractivity contribution < 1.29 is 13.6 Å². The Bertz CT molecular complexity index is 483. The van der Waals surface area contributed by atoms with E-state index in [0.717, 1.165) is 12.1 Å². The van der Waals surface area contributed by atoms with Crippen LogP contribution in [0.4, 0.5) is 14.5 Å². The molecule has 1 rings (SSSR count). The second-order valence-electron chi connectivity index (χ2n) is 5.77. The van der Waals surface area contributed by atoms with Gasteiger partial charge in [0, 0.05) is 12.5 Å². The van der Waals surface area contributed by atoms with Gasteiger partial charge in [0.15, 0.2) is 0 Å². The molecule has 1 amide bonds. The molecule has 0 aromatic heterocycles. The van der Waals surface area contributed by atoms with E-state index in [1.165, 1.54) is 0 Å². The number of anilines is 1. The number of rotatable bonds is 3. The van der Waals surface area contributed by atoms with Crippen molar-refractivity contribution in [1.82, 2.24) is 0 Å². The summed E-state index contributed by atoms with van der Waals surface area (Å²) in [6.45, 7) is 8.05. The summed E-state index contributed by atoms with van der Waals surface area (Å²) in [5.74, 6) is -1.45. The van der Waals surface area contributed by atoms with E-state index in [1.54, 1.807) is 0 Å². The Morgan fingerprint density at radius 1 is 1.32 bits per heavy atom. The maximum Gasteiger partial charge on any atom is 0.224 e. The van der Waals surface area contributed by atoms with Crippen LogP contribution in [0.2, 0.25) is 0 Å². The molecule has 0 saturated heterocycles. The van der Waals surface area contributed by atoms with E-state index in [0.29, 0.717) is 0 Å². The Morgan fingerprint density at radius 3 is 2.42 bits per heavy atom. The minimum Gasteiger partial charge on any atom is -0.324 e. The van der Waals surface area contributed by atoms with E-state index in [-0.39, 0.29) is 33.8 Å². The Balaban J connectivity index is 2.76. The number of nitrogens with one attached hydrogen (secondary N) is 1. The van der Waals surface area contributed by atoms with Crippen LogP contribution in [-0.4, -0.2) is 5.91 Å². The maximum absolute atomic E-state index is 13.6. The summed E-state index contributed by atoms with van der Waals surface area (Å²) in [6.07, 6.45) is 0.265. The first-order chi connectivity index (χ1) is 8.61. The van der Waals surface area contributed by atoms with E-state index in [4.69, 9.17) is 0 Å². The second-order valence-corrected chi connectivity index (χ2v) is 6.62. The van der Waals surface area contributed by atoms with E-state index in [9.17, 15) is 13.6 Å². The smallest absolute Gasteiger partial charge is 0.224 e. The van der Waals surface area contributed by atoms with Crippen LogP contribution in [0.15, 0.2) is 16.6 Å². The molecule has 2 nitrogen and oxygen atoms in total. The normalized spacial score (nSPS) is 13.2. The highest BCUT2D eigenvalue weighted by Gasteiger charge is 2.23. The molecule has 0 heterocycles. The first-order valence-corrected chi connectivity index (χ1v) is 6.85. The SMILES string of the molecule is CC(CC(=O)Nc1cc(F)c(Br)cc1F)C(C)(C)C. The number of benzene rings is 1. The molecular formula is C14H18BrF2NO. The van der Waals surface area contributed by atoms with Crippen molar-refractivity contribution in [3.05, 3.63) is 28.2 Å². The standard InChI is InChI=1S/C14H18BrF2NO/c1-8(14(2,3)4)5-13(19)18-12-7-10(16)9(15)6-11(12)17/h6-8H,5H2,1-4H3,(H,18,19). The third-order valence-corrected chi connectivity index (χ3v) is 3.86. The minimum absolute atomic E-state index is 0.0130. The van der Waals surface area contributed by atoms with Crippen LogP contribution in [0, 0.1) is 23.0 Å². The molecule has 0 bridgehead atoms. The lowest BCUT2D eigenvalue weighted by atomic mass is 9.80. The Morgan fingerprint density at radius 2 is 1.89 bits per heavy atom. The van der Waals surface area contributed by atoms with Gasteiger partial charge in [0.05, 0.1) is 10.2 Å². The summed E-state index contributed by atoms with van der Waals surface area (Å²) in [5, 5.41) is 2.41. The largest absolute Gasteiger partial charge is 0.324 e. The number of carbonyl (C=O) groups excluding carboxylic acids is 1. The highest BCUT2D eigenvalue weighted by Crippen LogP contribution is 2.29. The fourth-order valence-corrected chi connectivity index (χ4v) is 1.72. The number of amides is 1. The summed E-state index contributed by atoms with van der Waals surface area (Å²) < 4.78 is 26.9. The average Bonchev–Trinajstić information content (AvgIpc) is 2.24. The van der Waals surface area contributed by atoms with E-state index >= 15 is 0 Å². The van der Waals surface area contributed by atoms with Crippen molar-refractivity contribution >= 4 is 27.5 Å². The molecule has 106 valence electrons. The van der Waals surface area contributed by atoms with E-state index < -0.39 is 11.6 Å². The quantitative estimate of drug-likeness (QED) is 0.795. The highest BCUT2D eigenvalue weighted by molar-refractivity contribution is 9.10. The third-order valence-electron chi connectivity index (χ3n) is 3.25. The van der Waals surface area contributed by atoms with Gasteiger partial charge >= 0.3 is 0 Å². The first kappa shape index (κ1) is 16.1. The second kappa shape index (κ2) is 5.99. The Hall–Kier alpha value is -0.970. The number of halogens is 3. The molecule has 1 aromatic carbocycles. The number of hydrogen-bond acceptors (Lipinski definition) is 1. The van der Waals surface area contributed by atoms with Crippen molar-refractivity contribution in [2.75, 3.05) is 5.32 Å². The summed E-state index contributed by atoms with van der Waals surface area (Å²) in [7, 11) is 0. The van der Waals surface area contributed by atoms with Crippen molar-refractivity contribution in [3.63, 3.8) is 0 Å². The van der Waals surface area contributed by atoms with Crippen LogP contribution in [-0.2, 0) is 4.79 Å². The molecule has 0 aliphatic carbocycles. The van der Waals surface area contributed by atoms with Gasteiger partial charge in [-0.05, 0) is 33.3 Å². The predicted octanol–water partition coefficient (Wildman–Crippen LogP) is 4.74. The maximum atomic E-state index is 13.6. The zero-order valence-corrected chi connectivity index (χ0v) is 13.1.